The molecule has 0 atom stereocenters. The molecule has 3 aromatic carbocycles. The van der Waals surface area contributed by atoms with Crippen LogP contribution in [-0.4, -0.2) is 20.6 Å². The summed E-state index contributed by atoms with van der Waals surface area (Å²) in [5.74, 6) is 0.612. The smallest absolute Gasteiger partial charge is 0.229 e. The van der Waals surface area contributed by atoms with Gasteiger partial charge >= 0.3 is 0 Å². The minimum Gasteiger partial charge on any atom is -0.489 e. The average Bonchev–Trinajstić information content (AvgIpc) is 2.72. The Balaban J connectivity index is 1.55. The Morgan fingerprint density at radius 2 is 1.60 bits per heavy atom. The van der Waals surface area contributed by atoms with Gasteiger partial charge in [-0.1, -0.05) is 60.7 Å². The summed E-state index contributed by atoms with van der Waals surface area (Å²) >= 11 is 0. The largest absolute Gasteiger partial charge is 0.489 e. The van der Waals surface area contributed by atoms with Crippen molar-refractivity contribution in [3.05, 3.63) is 95.6 Å². The number of carbonyl (C=O) groups excluding carboxylic acids is 1. The first-order valence-corrected chi connectivity index (χ1v) is 11.4. The number of para-hydroxylation sites is 2. The van der Waals surface area contributed by atoms with Crippen LogP contribution in [0.4, 0.5) is 5.69 Å². The fourth-order valence-corrected chi connectivity index (χ4v) is 3.52. The van der Waals surface area contributed by atoms with Crippen molar-refractivity contribution >= 4 is 21.6 Å². The second-order valence-electron chi connectivity index (χ2n) is 6.91. The van der Waals surface area contributed by atoms with Crippen molar-refractivity contribution in [3.63, 3.8) is 0 Å². The molecular formula is C23H24N2O4S. The fourth-order valence-electron chi connectivity index (χ4n) is 2.92. The maximum absolute atomic E-state index is 12.4. The summed E-state index contributed by atoms with van der Waals surface area (Å²) in [6.07, 6.45) is 1.16. The van der Waals surface area contributed by atoms with Crippen molar-refractivity contribution in [1.82, 2.24) is 5.32 Å². The highest BCUT2D eigenvalue weighted by Gasteiger charge is 2.11. The van der Waals surface area contributed by atoms with Gasteiger partial charge in [0.25, 0.3) is 0 Å². The number of carbonyl (C=O) groups is 1. The zero-order valence-electron chi connectivity index (χ0n) is 16.7. The number of hydrogen-bond acceptors (Lipinski definition) is 4. The van der Waals surface area contributed by atoms with E-state index in [2.05, 4.69) is 10.0 Å². The third-order valence-electron chi connectivity index (χ3n) is 4.29. The zero-order chi connectivity index (χ0) is 21.4. The lowest BCUT2D eigenvalue weighted by Gasteiger charge is -2.11. The number of nitrogens with one attached hydrogen (secondary N) is 2. The molecule has 156 valence electrons. The lowest BCUT2D eigenvalue weighted by atomic mass is 10.1. The Morgan fingerprint density at radius 1 is 0.900 bits per heavy atom. The molecule has 7 heteroatoms. The van der Waals surface area contributed by atoms with Crippen LogP contribution < -0.4 is 14.8 Å². The summed E-state index contributed by atoms with van der Waals surface area (Å²) in [5, 5.41) is 2.88. The molecule has 30 heavy (non-hydrogen) atoms. The Labute approximate surface area is 177 Å². The third kappa shape index (κ3) is 6.93. The molecule has 3 aromatic rings. The van der Waals surface area contributed by atoms with Gasteiger partial charge in [0.2, 0.25) is 15.9 Å². The van der Waals surface area contributed by atoms with E-state index in [9.17, 15) is 13.2 Å². The van der Waals surface area contributed by atoms with Crippen molar-refractivity contribution in [3.8, 4) is 5.75 Å². The second kappa shape index (κ2) is 9.93. The maximum atomic E-state index is 12.4. The summed E-state index contributed by atoms with van der Waals surface area (Å²) in [4.78, 5) is 12.4. The van der Waals surface area contributed by atoms with E-state index in [0.717, 1.165) is 23.1 Å². The molecule has 0 radical (unpaired) electrons. The third-order valence-corrected chi connectivity index (χ3v) is 4.88. The molecule has 0 heterocycles. The van der Waals surface area contributed by atoms with Gasteiger partial charge < -0.3 is 10.1 Å². The number of amides is 1. The molecule has 0 bridgehead atoms. The van der Waals surface area contributed by atoms with Crippen molar-refractivity contribution in [2.24, 2.45) is 0 Å². The number of hydrogen-bond donors (Lipinski definition) is 2. The van der Waals surface area contributed by atoms with Crippen LogP contribution in [0.25, 0.3) is 0 Å². The second-order valence-corrected chi connectivity index (χ2v) is 8.66. The topological polar surface area (TPSA) is 84.5 Å². The molecule has 6 nitrogen and oxygen atoms in total. The van der Waals surface area contributed by atoms with Crippen LogP contribution >= 0.6 is 0 Å². The van der Waals surface area contributed by atoms with Crippen LogP contribution in [0.15, 0.2) is 78.9 Å². The van der Waals surface area contributed by atoms with E-state index in [1.54, 1.807) is 24.3 Å². The molecule has 0 aliphatic carbocycles. The molecule has 2 N–H and O–H groups in total. The molecular weight excluding hydrogens is 400 g/mol. The van der Waals surface area contributed by atoms with Gasteiger partial charge in [0, 0.05) is 6.54 Å². The van der Waals surface area contributed by atoms with E-state index < -0.39 is 10.0 Å². The highest BCUT2D eigenvalue weighted by Crippen LogP contribution is 2.17. The first-order valence-electron chi connectivity index (χ1n) is 9.47. The normalized spacial score (nSPS) is 11.0. The standard InChI is InChI=1S/C23H24N2O4S/c1-30(27,28)25-22-13-6-5-10-20(22)15-23(26)24-16-18-8-7-9-19(14-18)17-29-21-11-3-2-4-12-21/h2-14,25H,15-17H2,1H3,(H,24,26). The summed E-state index contributed by atoms with van der Waals surface area (Å²) in [5.41, 5.74) is 2.99. The molecule has 0 spiro atoms. The van der Waals surface area contributed by atoms with Crippen LogP contribution in [0.3, 0.4) is 0 Å². The Hall–Kier alpha value is -3.32. The highest BCUT2D eigenvalue weighted by atomic mass is 32.2. The van der Waals surface area contributed by atoms with Gasteiger partial charge in [-0.25, -0.2) is 8.42 Å². The molecule has 0 saturated carbocycles. The molecule has 0 aliphatic rings. The van der Waals surface area contributed by atoms with Crippen LogP contribution in [0.1, 0.15) is 16.7 Å². The van der Waals surface area contributed by atoms with E-state index in [-0.39, 0.29) is 12.3 Å². The summed E-state index contributed by atoms with van der Waals surface area (Å²) < 4.78 is 31.2. The summed E-state index contributed by atoms with van der Waals surface area (Å²) in [6, 6.07) is 24.3. The SMILES string of the molecule is CS(=O)(=O)Nc1ccccc1CC(=O)NCc1cccc(COc2ccccc2)c1. The van der Waals surface area contributed by atoms with Gasteiger partial charge in [0.15, 0.2) is 0 Å². The van der Waals surface area contributed by atoms with Gasteiger partial charge in [-0.05, 0) is 34.9 Å². The van der Waals surface area contributed by atoms with Gasteiger partial charge in [-0.3, -0.25) is 9.52 Å². The fraction of sp³-hybridized carbons (Fsp3) is 0.174. The Morgan fingerprint density at radius 3 is 2.37 bits per heavy atom. The summed E-state index contributed by atoms with van der Waals surface area (Å²) in [7, 11) is -3.41. The number of benzene rings is 3. The van der Waals surface area contributed by atoms with E-state index >= 15 is 0 Å². The predicted octanol–water partition coefficient (Wildman–Crippen LogP) is 3.50. The molecule has 0 unspecified atom stereocenters. The molecule has 0 aromatic heterocycles. The monoisotopic (exact) mass is 424 g/mol. The molecule has 1 amide bonds. The maximum Gasteiger partial charge on any atom is 0.229 e. The van der Waals surface area contributed by atoms with E-state index in [4.69, 9.17) is 4.74 Å². The molecule has 0 saturated heterocycles. The predicted molar refractivity (Wildman–Crippen MR) is 118 cm³/mol. The molecule has 0 fully saturated rings. The van der Waals surface area contributed by atoms with Crippen LogP contribution in [0.5, 0.6) is 5.75 Å². The number of ether oxygens (including phenoxy) is 1. The molecule has 3 rings (SSSR count). The average molecular weight is 425 g/mol. The quantitative estimate of drug-likeness (QED) is 0.551. The number of sulfonamides is 1. The van der Waals surface area contributed by atoms with Crippen LogP contribution in [0.2, 0.25) is 0 Å². The van der Waals surface area contributed by atoms with Gasteiger partial charge in [-0.2, -0.15) is 0 Å². The van der Waals surface area contributed by atoms with E-state index in [0.29, 0.717) is 24.4 Å². The van der Waals surface area contributed by atoms with Crippen molar-refractivity contribution in [1.29, 1.82) is 0 Å². The molecule has 0 aliphatic heterocycles. The Bertz CT molecular complexity index is 1100. The van der Waals surface area contributed by atoms with Crippen LogP contribution in [0, 0.1) is 0 Å². The lowest BCUT2D eigenvalue weighted by molar-refractivity contribution is -0.120. The van der Waals surface area contributed by atoms with Crippen molar-refractivity contribution in [2.75, 3.05) is 11.0 Å². The lowest BCUT2D eigenvalue weighted by Crippen LogP contribution is -2.25. The van der Waals surface area contributed by atoms with Gasteiger partial charge in [0.05, 0.1) is 18.4 Å². The van der Waals surface area contributed by atoms with Crippen molar-refractivity contribution < 1.29 is 17.9 Å². The van der Waals surface area contributed by atoms with Gasteiger partial charge in [-0.15, -0.1) is 0 Å². The zero-order valence-corrected chi connectivity index (χ0v) is 17.5. The minimum atomic E-state index is -3.41. The highest BCUT2D eigenvalue weighted by molar-refractivity contribution is 7.92. The van der Waals surface area contributed by atoms with E-state index in [1.807, 2.05) is 54.6 Å². The van der Waals surface area contributed by atoms with E-state index in [1.165, 1.54) is 0 Å². The number of anilines is 1. The number of rotatable bonds is 9. The first-order chi connectivity index (χ1) is 14.4. The first kappa shape index (κ1) is 21.4. The minimum absolute atomic E-state index is 0.0789. The van der Waals surface area contributed by atoms with Crippen molar-refractivity contribution in [2.45, 2.75) is 19.6 Å². The van der Waals surface area contributed by atoms with Gasteiger partial charge in [0.1, 0.15) is 12.4 Å². The Kier molecular flexibility index (Phi) is 7.08. The summed E-state index contributed by atoms with van der Waals surface area (Å²) in [6.45, 7) is 0.815. The van der Waals surface area contributed by atoms with Crippen LogP contribution in [-0.2, 0) is 34.4 Å².